The fourth-order valence-corrected chi connectivity index (χ4v) is 2.25. The van der Waals surface area contributed by atoms with Crippen molar-refractivity contribution >= 4 is 27.3 Å². The van der Waals surface area contributed by atoms with Crippen molar-refractivity contribution in [2.45, 2.75) is 39.0 Å². The fraction of sp³-hybridized carbons (Fsp3) is 0.667. The summed E-state index contributed by atoms with van der Waals surface area (Å²) in [5.41, 5.74) is 3.13. The third kappa shape index (κ3) is 3.23. The third-order valence-electron chi connectivity index (χ3n) is 1.86. The molecule has 0 unspecified atom stereocenters. The molecule has 1 nitrogen and oxygen atoms in total. The zero-order chi connectivity index (χ0) is 8.81. The highest BCUT2D eigenvalue weighted by atomic mass is 79.9. The van der Waals surface area contributed by atoms with Gasteiger partial charge < -0.3 is 0 Å². The lowest BCUT2D eigenvalue weighted by Gasteiger charge is -1.96. The molecular formula is C9H14BrNS. The standard InChI is InChI=1S/C9H14BrNS/c1-2-3-4-5-6-8-9(10)12-7-11-8/h7H,2-6H2,1H3. The number of thiazole rings is 1. The van der Waals surface area contributed by atoms with Gasteiger partial charge in [0, 0.05) is 0 Å². The predicted molar refractivity (Wildman–Crippen MR) is 57.7 cm³/mol. The lowest BCUT2D eigenvalue weighted by atomic mass is 10.1. The first-order valence-electron chi connectivity index (χ1n) is 4.42. The van der Waals surface area contributed by atoms with Crippen LogP contribution < -0.4 is 0 Å². The van der Waals surface area contributed by atoms with Gasteiger partial charge in [-0.3, -0.25) is 0 Å². The van der Waals surface area contributed by atoms with E-state index in [2.05, 4.69) is 27.8 Å². The lowest BCUT2D eigenvalue weighted by Crippen LogP contribution is -1.86. The number of halogens is 1. The Kier molecular flexibility index (Phi) is 4.84. The molecule has 1 aromatic heterocycles. The van der Waals surface area contributed by atoms with Crippen LogP contribution in [0.15, 0.2) is 9.30 Å². The zero-order valence-corrected chi connectivity index (χ0v) is 9.75. The molecule has 0 aliphatic heterocycles. The van der Waals surface area contributed by atoms with Crippen molar-refractivity contribution in [2.75, 3.05) is 0 Å². The molecule has 0 saturated carbocycles. The Balaban J connectivity index is 2.20. The molecule has 0 saturated heterocycles. The van der Waals surface area contributed by atoms with E-state index in [0.717, 1.165) is 6.42 Å². The van der Waals surface area contributed by atoms with E-state index in [-0.39, 0.29) is 0 Å². The lowest BCUT2D eigenvalue weighted by molar-refractivity contribution is 0.661. The molecule has 0 amide bonds. The molecule has 0 fully saturated rings. The molecule has 0 radical (unpaired) electrons. The molecular weight excluding hydrogens is 234 g/mol. The second kappa shape index (κ2) is 5.70. The van der Waals surface area contributed by atoms with Gasteiger partial charge in [0.05, 0.1) is 15.0 Å². The second-order valence-corrected chi connectivity index (χ2v) is 5.06. The quantitative estimate of drug-likeness (QED) is 0.717. The Morgan fingerprint density at radius 1 is 1.42 bits per heavy atom. The maximum atomic E-state index is 4.29. The van der Waals surface area contributed by atoms with Crippen LogP contribution in [0.2, 0.25) is 0 Å². The maximum Gasteiger partial charge on any atom is 0.0928 e. The highest BCUT2D eigenvalue weighted by Crippen LogP contribution is 2.22. The van der Waals surface area contributed by atoms with Gasteiger partial charge in [0.15, 0.2) is 0 Å². The van der Waals surface area contributed by atoms with Gasteiger partial charge in [-0.15, -0.1) is 11.3 Å². The molecule has 68 valence electrons. The highest BCUT2D eigenvalue weighted by Gasteiger charge is 2.01. The van der Waals surface area contributed by atoms with E-state index in [4.69, 9.17) is 0 Å². The van der Waals surface area contributed by atoms with E-state index in [1.807, 2.05) is 5.51 Å². The van der Waals surface area contributed by atoms with E-state index in [1.54, 1.807) is 11.3 Å². The Morgan fingerprint density at radius 3 is 2.83 bits per heavy atom. The first-order valence-corrected chi connectivity index (χ1v) is 6.09. The van der Waals surface area contributed by atoms with Gasteiger partial charge in [0.1, 0.15) is 0 Å². The summed E-state index contributed by atoms with van der Waals surface area (Å²) in [6.45, 7) is 2.23. The van der Waals surface area contributed by atoms with Crippen LogP contribution in [0.4, 0.5) is 0 Å². The predicted octanol–water partition coefficient (Wildman–Crippen LogP) is 4.03. The molecule has 1 rings (SSSR count). The number of nitrogens with zero attached hydrogens (tertiary/aromatic N) is 1. The highest BCUT2D eigenvalue weighted by molar-refractivity contribution is 9.11. The van der Waals surface area contributed by atoms with E-state index < -0.39 is 0 Å². The van der Waals surface area contributed by atoms with Crippen molar-refractivity contribution in [1.82, 2.24) is 4.98 Å². The van der Waals surface area contributed by atoms with Gasteiger partial charge in [0.2, 0.25) is 0 Å². The van der Waals surface area contributed by atoms with E-state index in [9.17, 15) is 0 Å². The number of aryl methyl sites for hydroxylation is 1. The second-order valence-electron chi connectivity index (χ2n) is 2.88. The Labute approximate surface area is 86.3 Å². The molecule has 12 heavy (non-hydrogen) atoms. The summed E-state index contributed by atoms with van der Waals surface area (Å²) in [7, 11) is 0. The van der Waals surface area contributed by atoms with Crippen LogP contribution in [0.3, 0.4) is 0 Å². The summed E-state index contributed by atoms with van der Waals surface area (Å²) in [6, 6.07) is 0. The van der Waals surface area contributed by atoms with Gasteiger partial charge in [-0.25, -0.2) is 4.98 Å². The van der Waals surface area contributed by atoms with Crippen LogP contribution in [-0.2, 0) is 6.42 Å². The van der Waals surface area contributed by atoms with E-state index in [1.165, 1.54) is 35.2 Å². The number of rotatable bonds is 5. The minimum absolute atomic E-state index is 1.13. The maximum absolute atomic E-state index is 4.29. The van der Waals surface area contributed by atoms with Gasteiger partial charge >= 0.3 is 0 Å². The first-order chi connectivity index (χ1) is 5.84. The van der Waals surface area contributed by atoms with Crippen LogP contribution in [0, 0.1) is 0 Å². The van der Waals surface area contributed by atoms with Crippen LogP contribution in [0.5, 0.6) is 0 Å². The summed E-state index contributed by atoms with van der Waals surface area (Å²) in [6.07, 6.45) is 6.39. The molecule has 1 heterocycles. The first kappa shape index (κ1) is 10.2. The van der Waals surface area contributed by atoms with Gasteiger partial charge in [0.25, 0.3) is 0 Å². The van der Waals surface area contributed by atoms with Crippen LogP contribution in [0.1, 0.15) is 38.3 Å². The largest absolute Gasteiger partial charge is 0.249 e. The van der Waals surface area contributed by atoms with Gasteiger partial charge in [-0.2, -0.15) is 0 Å². The topological polar surface area (TPSA) is 12.9 Å². The Bertz CT molecular complexity index is 222. The van der Waals surface area contributed by atoms with Crippen molar-refractivity contribution in [3.05, 3.63) is 15.0 Å². The summed E-state index contributed by atoms with van der Waals surface area (Å²) in [5, 5.41) is 0. The van der Waals surface area contributed by atoms with E-state index in [0.29, 0.717) is 0 Å². The average Bonchev–Trinajstić information content (AvgIpc) is 2.46. The Hall–Kier alpha value is 0.110. The van der Waals surface area contributed by atoms with Gasteiger partial charge in [-0.05, 0) is 28.8 Å². The number of hydrogen-bond acceptors (Lipinski definition) is 2. The molecule has 1 aromatic rings. The summed E-state index contributed by atoms with van der Waals surface area (Å²) in [5.74, 6) is 0. The summed E-state index contributed by atoms with van der Waals surface area (Å²) in [4.78, 5) is 4.29. The number of hydrogen-bond donors (Lipinski definition) is 0. The minimum Gasteiger partial charge on any atom is -0.249 e. The molecule has 0 spiro atoms. The normalized spacial score (nSPS) is 10.5. The molecule has 0 aliphatic carbocycles. The molecule has 0 bridgehead atoms. The van der Waals surface area contributed by atoms with Gasteiger partial charge in [-0.1, -0.05) is 26.2 Å². The molecule has 0 atom stereocenters. The number of unbranched alkanes of at least 4 members (excludes halogenated alkanes) is 3. The molecule has 0 aromatic carbocycles. The fourth-order valence-electron chi connectivity index (χ4n) is 1.14. The smallest absolute Gasteiger partial charge is 0.0928 e. The van der Waals surface area contributed by atoms with Crippen molar-refractivity contribution < 1.29 is 0 Å². The zero-order valence-electron chi connectivity index (χ0n) is 7.35. The van der Waals surface area contributed by atoms with Crippen molar-refractivity contribution in [3.63, 3.8) is 0 Å². The minimum atomic E-state index is 1.13. The van der Waals surface area contributed by atoms with Crippen LogP contribution in [-0.4, -0.2) is 4.98 Å². The van der Waals surface area contributed by atoms with E-state index >= 15 is 0 Å². The average molecular weight is 248 g/mol. The van der Waals surface area contributed by atoms with Crippen molar-refractivity contribution in [2.24, 2.45) is 0 Å². The third-order valence-corrected chi connectivity index (χ3v) is 3.53. The SMILES string of the molecule is CCCCCCc1ncsc1Br. The summed E-state index contributed by atoms with van der Waals surface area (Å²) >= 11 is 5.17. The summed E-state index contributed by atoms with van der Waals surface area (Å²) < 4.78 is 1.21. The number of aromatic nitrogens is 1. The van der Waals surface area contributed by atoms with Crippen LogP contribution >= 0.6 is 27.3 Å². The van der Waals surface area contributed by atoms with Crippen molar-refractivity contribution in [1.29, 1.82) is 0 Å². The Morgan fingerprint density at radius 2 is 2.25 bits per heavy atom. The van der Waals surface area contributed by atoms with Crippen LogP contribution in [0.25, 0.3) is 0 Å². The monoisotopic (exact) mass is 247 g/mol. The molecule has 3 heteroatoms. The molecule has 0 N–H and O–H groups in total. The van der Waals surface area contributed by atoms with Crippen molar-refractivity contribution in [3.8, 4) is 0 Å². The molecule has 0 aliphatic rings.